The van der Waals surface area contributed by atoms with Crippen molar-refractivity contribution in [2.24, 2.45) is 0 Å². The van der Waals surface area contributed by atoms with Crippen molar-refractivity contribution in [2.45, 2.75) is 18.4 Å². The van der Waals surface area contributed by atoms with E-state index in [-0.39, 0.29) is 17.1 Å². The van der Waals surface area contributed by atoms with Crippen LogP contribution in [0, 0.1) is 6.92 Å². The summed E-state index contributed by atoms with van der Waals surface area (Å²) in [5, 5.41) is 0.917. The Bertz CT molecular complexity index is 1230. The molecule has 5 nitrogen and oxygen atoms in total. The molecule has 0 spiro atoms. The van der Waals surface area contributed by atoms with Crippen molar-refractivity contribution < 1.29 is 13.2 Å². The number of hydrogen-bond acceptors (Lipinski definition) is 3. The van der Waals surface area contributed by atoms with Gasteiger partial charge in [0, 0.05) is 10.0 Å². The predicted octanol–water partition coefficient (Wildman–Crippen LogP) is 5.64. The van der Waals surface area contributed by atoms with E-state index in [0.29, 0.717) is 15.7 Å². The third kappa shape index (κ3) is 3.48. The van der Waals surface area contributed by atoms with Gasteiger partial charge in [-0.15, -0.1) is 0 Å². The molecule has 0 aliphatic carbocycles. The van der Waals surface area contributed by atoms with E-state index in [4.69, 9.17) is 23.2 Å². The first kappa shape index (κ1) is 19.8. The maximum absolute atomic E-state index is 13.4. The van der Waals surface area contributed by atoms with Crippen LogP contribution in [0.4, 0.5) is 16.2 Å². The summed E-state index contributed by atoms with van der Waals surface area (Å²) in [6.07, 6.45) is 0. The number of amides is 2. The first-order chi connectivity index (χ1) is 13.8. The molecule has 0 fully saturated rings. The molecule has 3 aromatic carbocycles. The highest BCUT2D eigenvalue weighted by atomic mass is 35.5. The zero-order valence-electron chi connectivity index (χ0n) is 15.3. The van der Waals surface area contributed by atoms with Gasteiger partial charge in [-0.2, -0.15) is 4.31 Å². The molecule has 8 heteroatoms. The Labute approximate surface area is 179 Å². The summed E-state index contributed by atoms with van der Waals surface area (Å²) in [6.45, 7) is 1.97. The number of hydrogen-bond donors (Lipinski definition) is 0. The molecule has 29 heavy (non-hydrogen) atoms. The van der Waals surface area contributed by atoms with Crippen LogP contribution in [0.1, 0.15) is 11.1 Å². The van der Waals surface area contributed by atoms with Gasteiger partial charge in [-0.05, 0) is 54.4 Å². The molecule has 0 bridgehead atoms. The maximum Gasteiger partial charge on any atom is 0.343 e. The second-order valence-corrected chi connectivity index (χ2v) is 9.27. The highest BCUT2D eigenvalue weighted by Crippen LogP contribution is 2.38. The van der Waals surface area contributed by atoms with Crippen molar-refractivity contribution in [3.8, 4) is 0 Å². The van der Waals surface area contributed by atoms with Crippen LogP contribution in [-0.2, 0) is 16.6 Å². The van der Waals surface area contributed by atoms with Gasteiger partial charge in [0.15, 0.2) is 0 Å². The molecule has 0 saturated heterocycles. The molecule has 3 aromatic rings. The van der Waals surface area contributed by atoms with Crippen molar-refractivity contribution >= 4 is 50.6 Å². The summed E-state index contributed by atoms with van der Waals surface area (Å²) in [7, 11) is -4.09. The van der Waals surface area contributed by atoms with Crippen LogP contribution >= 0.6 is 23.2 Å². The molecular weight excluding hydrogens is 431 g/mol. The van der Waals surface area contributed by atoms with Crippen LogP contribution in [0.5, 0.6) is 0 Å². The number of nitrogens with zero attached hydrogens (tertiary/aromatic N) is 2. The molecule has 0 saturated carbocycles. The average Bonchev–Trinajstić information content (AvgIpc) is 2.68. The van der Waals surface area contributed by atoms with Crippen LogP contribution in [-0.4, -0.2) is 14.4 Å². The lowest BCUT2D eigenvalue weighted by atomic mass is 10.2. The van der Waals surface area contributed by atoms with Gasteiger partial charge in [0.1, 0.15) is 4.90 Å². The minimum absolute atomic E-state index is 0.0540. The molecule has 1 aliphatic heterocycles. The number of halogens is 2. The molecule has 2 amide bonds. The summed E-state index contributed by atoms with van der Waals surface area (Å²) in [6, 6.07) is 17.6. The largest absolute Gasteiger partial charge is 0.343 e. The van der Waals surface area contributed by atoms with Crippen LogP contribution in [0.3, 0.4) is 0 Å². The third-order valence-electron chi connectivity index (χ3n) is 4.70. The lowest BCUT2D eigenvalue weighted by Gasteiger charge is -2.36. The Kier molecular flexibility index (Phi) is 5.02. The van der Waals surface area contributed by atoms with Crippen molar-refractivity contribution in [1.29, 1.82) is 0 Å². The van der Waals surface area contributed by atoms with E-state index < -0.39 is 16.1 Å². The fourth-order valence-corrected chi connectivity index (χ4v) is 5.21. The molecule has 0 radical (unpaired) electrons. The SMILES string of the molecule is Cc1ccc(N2C(=O)N(Cc3cccc(Cl)c3)c3ccccc3S2(=O)=O)cc1Cl. The smallest absolute Gasteiger partial charge is 0.287 e. The molecule has 0 atom stereocenters. The standard InChI is InChI=1S/C21H16Cl2N2O3S/c1-14-9-10-17(12-18(14)23)25-21(26)24(13-15-5-4-6-16(22)11-15)19-7-2-3-8-20(19)29(25,27)28/h2-12H,13H2,1H3. The van der Waals surface area contributed by atoms with Gasteiger partial charge in [-0.25, -0.2) is 13.2 Å². The number of benzene rings is 3. The molecule has 1 aliphatic rings. The second-order valence-electron chi connectivity index (χ2n) is 6.67. The highest BCUT2D eigenvalue weighted by Gasteiger charge is 2.42. The molecule has 1 heterocycles. The number of sulfonamides is 1. The van der Waals surface area contributed by atoms with Gasteiger partial charge in [0.2, 0.25) is 0 Å². The second kappa shape index (κ2) is 7.37. The third-order valence-corrected chi connectivity index (χ3v) is 7.09. The van der Waals surface area contributed by atoms with Crippen molar-refractivity contribution in [3.63, 3.8) is 0 Å². The first-order valence-corrected chi connectivity index (χ1v) is 10.9. The van der Waals surface area contributed by atoms with E-state index in [1.165, 1.54) is 17.0 Å². The van der Waals surface area contributed by atoms with Crippen LogP contribution in [0.2, 0.25) is 10.0 Å². The van der Waals surface area contributed by atoms with E-state index in [1.54, 1.807) is 55.5 Å². The van der Waals surface area contributed by atoms with E-state index in [2.05, 4.69) is 0 Å². The summed E-state index contributed by atoms with van der Waals surface area (Å²) >= 11 is 12.3. The van der Waals surface area contributed by atoms with Crippen LogP contribution in [0.25, 0.3) is 0 Å². The predicted molar refractivity (Wildman–Crippen MR) is 115 cm³/mol. The van der Waals surface area contributed by atoms with Gasteiger partial charge in [-0.3, -0.25) is 4.90 Å². The summed E-state index contributed by atoms with van der Waals surface area (Å²) in [5.74, 6) is 0. The van der Waals surface area contributed by atoms with Crippen molar-refractivity contribution in [1.82, 2.24) is 0 Å². The minimum Gasteiger partial charge on any atom is -0.287 e. The van der Waals surface area contributed by atoms with E-state index in [0.717, 1.165) is 15.4 Å². The normalized spacial score (nSPS) is 15.3. The number of anilines is 2. The van der Waals surface area contributed by atoms with Gasteiger partial charge in [0.25, 0.3) is 10.0 Å². The monoisotopic (exact) mass is 446 g/mol. The number of rotatable bonds is 3. The van der Waals surface area contributed by atoms with Crippen LogP contribution < -0.4 is 9.21 Å². The highest BCUT2D eigenvalue weighted by molar-refractivity contribution is 7.94. The number of carbonyl (C=O) groups is 1. The average molecular weight is 447 g/mol. The quantitative estimate of drug-likeness (QED) is 0.522. The lowest BCUT2D eigenvalue weighted by Crippen LogP contribution is -2.50. The topological polar surface area (TPSA) is 57.7 Å². The van der Waals surface area contributed by atoms with Crippen LogP contribution in [0.15, 0.2) is 71.6 Å². The number of fused-ring (bicyclic) bond motifs is 1. The molecular formula is C21H16Cl2N2O3S. The van der Waals surface area contributed by atoms with Gasteiger partial charge in [0.05, 0.1) is 17.9 Å². The van der Waals surface area contributed by atoms with Gasteiger partial charge < -0.3 is 0 Å². The minimum atomic E-state index is -4.09. The number of urea groups is 1. The van der Waals surface area contributed by atoms with E-state index >= 15 is 0 Å². The maximum atomic E-state index is 13.4. The first-order valence-electron chi connectivity index (χ1n) is 8.75. The van der Waals surface area contributed by atoms with Gasteiger partial charge in [-0.1, -0.05) is 53.5 Å². The van der Waals surface area contributed by atoms with Crippen molar-refractivity contribution in [3.05, 3.63) is 87.9 Å². The fourth-order valence-electron chi connectivity index (χ4n) is 3.24. The molecule has 148 valence electrons. The number of para-hydroxylation sites is 1. The number of aryl methyl sites for hydroxylation is 1. The Balaban J connectivity index is 1.88. The Morgan fingerprint density at radius 2 is 1.69 bits per heavy atom. The summed E-state index contributed by atoms with van der Waals surface area (Å²) in [5.41, 5.74) is 2.08. The number of carbonyl (C=O) groups excluding carboxylic acids is 1. The summed E-state index contributed by atoms with van der Waals surface area (Å²) in [4.78, 5) is 14.9. The Hall–Kier alpha value is -2.54. The molecule has 0 N–H and O–H groups in total. The molecule has 0 aromatic heterocycles. The van der Waals surface area contributed by atoms with E-state index in [1.807, 2.05) is 6.07 Å². The zero-order valence-corrected chi connectivity index (χ0v) is 17.7. The Morgan fingerprint density at radius 1 is 0.931 bits per heavy atom. The van der Waals surface area contributed by atoms with Crippen molar-refractivity contribution in [2.75, 3.05) is 9.21 Å². The Morgan fingerprint density at radius 3 is 2.41 bits per heavy atom. The fraction of sp³-hybridized carbons (Fsp3) is 0.0952. The van der Waals surface area contributed by atoms with E-state index in [9.17, 15) is 13.2 Å². The lowest BCUT2D eigenvalue weighted by molar-refractivity contribution is 0.253. The zero-order chi connectivity index (χ0) is 20.8. The summed E-state index contributed by atoms with van der Waals surface area (Å²) < 4.78 is 27.4. The molecule has 0 unspecified atom stereocenters. The molecule has 4 rings (SSSR count). The van der Waals surface area contributed by atoms with Gasteiger partial charge >= 0.3 is 6.03 Å².